The molecular formula is C77H138NO8P. The molecule has 3 N–H and O–H groups in total. The summed E-state index contributed by atoms with van der Waals surface area (Å²) in [6.07, 6.45) is 98.2. The van der Waals surface area contributed by atoms with E-state index in [0.29, 0.717) is 6.42 Å². The van der Waals surface area contributed by atoms with Crippen LogP contribution in [0.1, 0.15) is 348 Å². The first-order chi connectivity index (χ1) is 42.8. The van der Waals surface area contributed by atoms with Gasteiger partial charge in [0.1, 0.15) is 6.61 Å². The van der Waals surface area contributed by atoms with Crippen molar-refractivity contribution < 1.29 is 37.6 Å². The van der Waals surface area contributed by atoms with E-state index in [9.17, 15) is 19.0 Å². The molecule has 0 fully saturated rings. The lowest BCUT2D eigenvalue weighted by molar-refractivity contribution is -0.161. The number of phosphoric acid groups is 1. The Morgan fingerprint density at radius 3 is 0.954 bits per heavy atom. The fraction of sp³-hybridized carbons (Fsp3) is 0.766. The van der Waals surface area contributed by atoms with Gasteiger partial charge >= 0.3 is 19.8 Å². The Morgan fingerprint density at radius 1 is 0.356 bits per heavy atom. The van der Waals surface area contributed by atoms with Crippen molar-refractivity contribution in [1.82, 2.24) is 0 Å². The predicted molar refractivity (Wildman–Crippen MR) is 376 cm³/mol. The van der Waals surface area contributed by atoms with E-state index < -0.39 is 26.5 Å². The van der Waals surface area contributed by atoms with Crippen LogP contribution < -0.4 is 5.73 Å². The summed E-state index contributed by atoms with van der Waals surface area (Å²) in [5.74, 6) is -0.842. The van der Waals surface area contributed by atoms with E-state index in [1.165, 1.54) is 218 Å². The quantitative estimate of drug-likeness (QED) is 0.0264. The summed E-state index contributed by atoms with van der Waals surface area (Å²) >= 11 is 0. The molecular weight excluding hydrogens is 1100 g/mol. The van der Waals surface area contributed by atoms with Crippen LogP contribution >= 0.6 is 7.82 Å². The van der Waals surface area contributed by atoms with Gasteiger partial charge in [0.05, 0.1) is 13.2 Å². The molecule has 0 saturated carbocycles. The lowest BCUT2D eigenvalue weighted by Crippen LogP contribution is -2.29. The fourth-order valence-electron chi connectivity index (χ4n) is 10.6. The molecule has 2 unspecified atom stereocenters. The number of hydrogen-bond donors (Lipinski definition) is 2. The Balaban J connectivity index is 3.84. The molecule has 87 heavy (non-hydrogen) atoms. The monoisotopic (exact) mass is 1240 g/mol. The number of carbonyl (C=O) groups is 2. The van der Waals surface area contributed by atoms with Crippen molar-refractivity contribution in [2.24, 2.45) is 5.73 Å². The zero-order valence-corrected chi connectivity index (χ0v) is 57.6. The molecule has 0 aromatic heterocycles. The summed E-state index contributed by atoms with van der Waals surface area (Å²) in [6.45, 7) is 3.64. The summed E-state index contributed by atoms with van der Waals surface area (Å²) in [6, 6.07) is 0. The average Bonchev–Trinajstić information content (AvgIpc) is 3.62. The maximum atomic E-state index is 12.8. The largest absolute Gasteiger partial charge is 0.472 e. The lowest BCUT2D eigenvalue weighted by Gasteiger charge is -2.19. The van der Waals surface area contributed by atoms with Crippen molar-refractivity contribution in [2.45, 2.75) is 354 Å². The highest BCUT2D eigenvalue weighted by Crippen LogP contribution is 2.43. The summed E-state index contributed by atoms with van der Waals surface area (Å²) in [7, 11) is -4.40. The Morgan fingerprint density at radius 2 is 0.632 bits per heavy atom. The highest BCUT2D eigenvalue weighted by atomic mass is 31.2. The number of ether oxygens (including phenoxy) is 2. The highest BCUT2D eigenvalue weighted by Gasteiger charge is 2.26. The molecule has 0 aromatic carbocycles. The SMILES string of the molecule is CC/C=C\C/C=C\C/C=C\C/C=C\C/C=C\C/C=C\C/C=C\CCCCCCCC(=O)OC(COC(=O)CCCCCCCCCCCCCCCCCCCCCCCCCCCCC/C=C\CCCCCCCCCC)COP(=O)(O)OCCN. The molecule has 0 saturated heterocycles. The van der Waals surface area contributed by atoms with E-state index in [1.807, 2.05) is 0 Å². The van der Waals surface area contributed by atoms with Crippen LogP contribution in [0.15, 0.2) is 97.2 Å². The molecule has 0 aromatic rings. The number of allylic oxidation sites excluding steroid dienone is 16. The smallest absolute Gasteiger partial charge is 0.462 e. The van der Waals surface area contributed by atoms with Crippen molar-refractivity contribution in [3.05, 3.63) is 97.2 Å². The highest BCUT2D eigenvalue weighted by molar-refractivity contribution is 7.47. The van der Waals surface area contributed by atoms with Gasteiger partial charge < -0.3 is 20.1 Å². The van der Waals surface area contributed by atoms with Gasteiger partial charge in [-0.2, -0.15) is 0 Å². The van der Waals surface area contributed by atoms with Crippen LogP contribution in [0.25, 0.3) is 0 Å². The number of phosphoric ester groups is 1. The number of nitrogens with two attached hydrogens (primary N) is 1. The number of unbranched alkanes of at least 4 members (excludes halogenated alkanes) is 40. The molecule has 2 atom stereocenters. The van der Waals surface area contributed by atoms with Crippen LogP contribution in [0, 0.1) is 0 Å². The second-order valence-electron chi connectivity index (χ2n) is 24.4. The molecule has 9 nitrogen and oxygen atoms in total. The van der Waals surface area contributed by atoms with Gasteiger partial charge in [0.15, 0.2) is 6.10 Å². The van der Waals surface area contributed by atoms with E-state index in [0.717, 1.165) is 96.3 Å². The van der Waals surface area contributed by atoms with Crippen molar-refractivity contribution in [3.63, 3.8) is 0 Å². The van der Waals surface area contributed by atoms with Gasteiger partial charge in [-0.15, -0.1) is 0 Å². The third-order valence-corrected chi connectivity index (χ3v) is 16.9. The molecule has 0 bridgehead atoms. The molecule has 0 amide bonds. The van der Waals surface area contributed by atoms with Crippen molar-refractivity contribution in [2.75, 3.05) is 26.4 Å². The van der Waals surface area contributed by atoms with Crippen molar-refractivity contribution >= 4 is 19.8 Å². The van der Waals surface area contributed by atoms with Gasteiger partial charge in [-0.05, 0) is 96.3 Å². The molecule has 0 aliphatic heterocycles. The van der Waals surface area contributed by atoms with Crippen LogP contribution in [0.5, 0.6) is 0 Å². The number of rotatable bonds is 69. The first kappa shape index (κ1) is 83.9. The molecule has 10 heteroatoms. The van der Waals surface area contributed by atoms with Crippen LogP contribution in [-0.2, 0) is 32.7 Å². The minimum Gasteiger partial charge on any atom is -0.462 e. The predicted octanol–water partition coefficient (Wildman–Crippen LogP) is 24.3. The summed E-state index contributed by atoms with van der Waals surface area (Å²) in [5.41, 5.74) is 5.40. The number of carbonyl (C=O) groups excluding carboxylic acids is 2. The zero-order valence-electron chi connectivity index (χ0n) is 56.7. The van der Waals surface area contributed by atoms with Gasteiger partial charge in [-0.3, -0.25) is 18.6 Å². The van der Waals surface area contributed by atoms with Crippen molar-refractivity contribution in [3.8, 4) is 0 Å². The zero-order chi connectivity index (χ0) is 63.0. The van der Waals surface area contributed by atoms with E-state index in [1.54, 1.807) is 0 Å². The Kier molecular flexibility index (Phi) is 69.5. The molecule has 0 heterocycles. The van der Waals surface area contributed by atoms with Crippen LogP contribution in [0.4, 0.5) is 0 Å². The first-order valence-electron chi connectivity index (χ1n) is 36.7. The second-order valence-corrected chi connectivity index (χ2v) is 25.9. The summed E-state index contributed by atoms with van der Waals surface area (Å²) < 4.78 is 33.2. The minimum absolute atomic E-state index is 0.0465. The maximum absolute atomic E-state index is 12.8. The van der Waals surface area contributed by atoms with Crippen molar-refractivity contribution in [1.29, 1.82) is 0 Å². The first-order valence-corrected chi connectivity index (χ1v) is 38.2. The molecule has 0 aliphatic carbocycles. The van der Waals surface area contributed by atoms with Gasteiger partial charge in [0, 0.05) is 19.4 Å². The summed E-state index contributed by atoms with van der Waals surface area (Å²) in [5, 5.41) is 0. The molecule has 0 radical (unpaired) electrons. The standard InChI is InChI=1S/C77H138NO8P/c1-3-5-7-9-11-13-15-17-19-21-23-25-27-29-31-32-33-34-35-36-37-38-39-40-41-42-44-45-47-49-51-53-55-57-59-61-63-65-67-69-76(79)83-73-75(74-85-87(81,82)84-72-71-78)86-77(80)70-68-66-64-62-60-58-56-54-52-50-48-46-43-30-28-26-24-22-20-18-16-14-12-10-8-6-4-2/h6,8,12,14,18,20-21,23-24,26,30,43,48,50,54,56,75H,3-5,7,9-11,13,15-17,19,22,25,27-29,31-42,44-47,49,51-53,55,57-74,78H2,1-2H3,(H,81,82)/b8-6-,14-12-,20-18-,23-21-,26-24-,43-30-,50-48-,56-54-. The topological polar surface area (TPSA) is 134 Å². The van der Waals surface area contributed by atoms with E-state index in [4.69, 9.17) is 24.3 Å². The third kappa shape index (κ3) is 71.9. The van der Waals surface area contributed by atoms with E-state index in [2.05, 4.69) is 111 Å². The van der Waals surface area contributed by atoms with Crippen LogP contribution in [0.3, 0.4) is 0 Å². The lowest BCUT2D eigenvalue weighted by atomic mass is 10.0. The normalized spacial score (nSPS) is 13.5. The molecule has 0 rings (SSSR count). The van der Waals surface area contributed by atoms with Gasteiger partial charge in [-0.25, -0.2) is 4.57 Å². The average molecular weight is 1240 g/mol. The van der Waals surface area contributed by atoms with Gasteiger partial charge in [0.2, 0.25) is 0 Å². The molecule has 504 valence electrons. The van der Waals surface area contributed by atoms with E-state index in [-0.39, 0.29) is 38.6 Å². The Hall–Kier alpha value is -3.07. The second kappa shape index (κ2) is 72.0. The fourth-order valence-corrected chi connectivity index (χ4v) is 11.3. The Bertz CT molecular complexity index is 1750. The number of hydrogen-bond acceptors (Lipinski definition) is 8. The molecule has 0 aliphatic rings. The van der Waals surface area contributed by atoms with Crippen LogP contribution in [0.2, 0.25) is 0 Å². The summed E-state index contributed by atoms with van der Waals surface area (Å²) in [4.78, 5) is 35.4. The van der Waals surface area contributed by atoms with Crippen LogP contribution in [-0.4, -0.2) is 49.3 Å². The third-order valence-electron chi connectivity index (χ3n) is 16.0. The van der Waals surface area contributed by atoms with Gasteiger partial charge in [-0.1, -0.05) is 336 Å². The maximum Gasteiger partial charge on any atom is 0.472 e. The van der Waals surface area contributed by atoms with E-state index >= 15 is 0 Å². The number of esters is 2. The van der Waals surface area contributed by atoms with Gasteiger partial charge in [0.25, 0.3) is 0 Å². The minimum atomic E-state index is -4.40. The Labute approximate surface area is 537 Å². The molecule has 0 spiro atoms.